The predicted molar refractivity (Wildman–Crippen MR) is 129 cm³/mol. The summed E-state index contributed by atoms with van der Waals surface area (Å²) in [4.78, 5) is 37.8. The lowest BCUT2D eigenvalue weighted by atomic mass is 10.0. The molecule has 4 rings (SSSR count). The van der Waals surface area contributed by atoms with E-state index in [2.05, 4.69) is 9.98 Å². The van der Waals surface area contributed by atoms with Gasteiger partial charge in [-0.15, -0.1) is 0 Å². The second kappa shape index (κ2) is 11.4. The summed E-state index contributed by atoms with van der Waals surface area (Å²) in [6.45, 7) is 4.40. The third-order valence-electron chi connectivity index (χ3n) is 6.49. The van der Waals surface area contributed by atoms with Crippen molar-refractivity contribution in [2.45, 2.75) is 45.1 Å². The number of fused-ring (bicyclic) bond motifs is 1. The standard InChI is InChI=1S/C25H33N5O5/c1-3-35-23(31)16-21(19-9-11-22(34-2)27-17-19)29-15-14-28(25(29)32)13-5-7-20-10-8-18-6-4-12-26-24(18)30(20)33/h8-11,17,21,33H,3-7,12-16H2,1-2H3/t21-/m0/s1. The van der Waals surface area contributed by atoms with Gasteiger partial charge in [0.1, 0.15) is 0 Å². The number of nitrogens with zero attached hydrogens (tertiary/aromatic N) is 5. The number of pyridine rings is 1. The zero-order chi connectivity index (χ0) is 24.8. The molecule has 1 N–H and O–H groups in total. The first-order valence-electron chi connectivity index (χ1n) is 12.2. The third-order valence-corrected chi connectivity index (χ3v) is 6.49. The summed E-state index contributed by atoms with van der Waals surface area (Å²) in [7, 11) is 1.54. The summed E-state index contributed by atoms with van der Waals surface area (Å²) in [5.41, 5.74) is 2.60. The average Bonchev–Trinajstić information content (AvgIpc) is 3.24. The number of aromatic nitrogens is 1. The SMILES string of the molecule is CCOC(=O)C[C@@H](c1ccc(OC)nc1)N1CCN(CCCC2=CC=C3CCCN=C3N2O)C1=O. The topological polar surface area (TPSA) is 108 Å². The summed E-state index contributed by atoms with van der Waals surface area (Å²) >= 11 is 0. The Morgan fingerprint density at radius 1 is 1.26 bits per heavy atom. The van der Waals surface area contributed by atoms with E-state index < -0.39 is 6.04 Å². The minimum absolute atomic E-state index is 0.0601. The van der Waals surface area contributed by atoms with Gasteiger partial charge in [-0.05, 0) is 49.8 Å². The second-order valence-corrected chi connectivity index (χ2v) is 8.70. The summed E-state index contributed by atoms with van der Waals surface area (Å²) in [5.74, 6) is 0.756. The molecule has 35 heavy (non-hydrogen) atoms. The van der Waals surface area contributed by atoms with Crippen LogP contribution in [0.5, 0.6) is 5.88 Å². The van der Waals surface area contributed by atoms with Crippen LogP contribution in [0.15, 0.2) is 46.7 Å². The van der Waals surface area contributed by atoms with Crippen LogP contribution in [0.4, 0.5) is 4.79 Å². The monoisotopic (exact) mass is 483 g/mol. The Balaban J connectivity index is 1.38. The molecule has 0 radical (unpaired) electrons. The van der Waals surface area contributed by atoms with E-state index in [4.69, 9.17) is 9.47 Å². The fourth-order valence-electron chi connectivity index (χ4n) is 4.67. The molecular formula is C25H33N5O5. The van der Waals surface area contributed by atoms with Crippen LogP contribution >= 0.6 is 0 Å². The Hall–Kier alpha value is -3.40. The van der Waals surface area contributed by atoms with Gasteiger partial charge in [0.2, 0.25) is 5.88 Å². The molecule has 0 saturated carbocycles. The number of carbonyl (C=O) groups is 2. The van der Waals surface area contributed by atoms with Crippen LogP contribution in [-0.4, -0.2) is 82.8 Å². The van der Waals surface area contributed by atoms with Crippen LogP contribution in [0.25, 0.3) is 0 Å². The lowest BCUT2D eigenvalue weighted by molar-refractivity contribution is -0.144. The van der Waals surface area contributed by atoms with Crippen molar-refractivity contribution in [1.29, 1.82) is 0 Å². The van der Waals surface area contributed by atoms with Gasteiger partial charge < -0.3 is 19.3 Å². The maximum Gasteiger partial charge on any atom is 0.320 e. The zero-order valence-corrected chi connectivity index (χ0v) is 20.4. The molecule has 0 bridgehead atoms. The number of rotatable bonds is 10. The molecule has 3 aliphatic rings. The first kappa shape index (κ1) is 24.7. The summed E-state index contributed by atoms with van der Waals surface area (Å²) in [6.07, 6.45) is 8.92. The number of hydroxylamine groups is 2. The highest BCUT2D eigenvalue weighted by atomic mass is 16.5. The molecule has 0 unspecified atom stereocenters. The molecule has 1 fully saturated rings. The smallest absolute Gasteiger partial charge is 0.320 e. The number of ether oxygens (including phenoxy) is 2. The number of hydrogen-bond acceptors (Lipinski definition) is 8. The Morgan fingerprint density at radius 3 is 2.86 bits per heavy atom. The Bertz CT molecular complexity index is 1020. The third kappa shape index (κ3) is 5.64. The molecule has 188 valence electrons. The van der Waals surface area contributed by atoms with E-state index in [0.717, 1.165) is 36.2 Å². The molecule has 1 saturated heterocycles. The summed E-state index contributed by atoms with van der Waals surface area (Å²) in [6, 6.07) is 2.97. The lowest BCUT2D eigenvalue weighted by Crippen LogP contribution is -2.36. The van der Waals surface area contributed by atoms with Crippen LogP contribution in [-0.2, 0) is 9.53 Å². The molecule has 2 amide bonds. The minimum atomic E-state index is -0.466. The van der Waals surface area contributed by atoms with Gasteiger partial charge in [0.05, 0.1) is 26.2 Å². The molecule has 10 nitrogen and oxygen atoms in total. The maximum atomic E-state index is 13.3. The minimum Gasteiger partial charge on any atom is -0.481 e. The van der Waals surface area contributed by atoms with E-state index in [1.807, 2.05) is 18.2 Å². The van der Waals surface area contributed by atoms with E-state index in [1.54, 1.807) is 29.0 Å². The molecule has 0 aromatic carbocycles. The van der Waals surface area contributed by atoms with Crippen molar-refractivity contribution in [3.63, 3.8) is 0 Å². The fraction of sp³-hybridized carbons (Fsp3) is 0.520. The molecule has 0 spiro atoms. The van der Waals surface area contributed by atoms with Crippen LogP contribution in [0, 0.1) is 0 Å². The van der Waals surface area contributed by atoms with Crippen molar-refractivity contribution in [2.75, 3.05) is 39.9 Å². The quantitative estimate of drug-likeness (QED) is 0.509. The molecule has 10 heteroatoms. The van der Waals surface area contributed by atoms with E-state index >= 15 is 0 Å². The van der Waals surface area contributed by atoms with Crippen molar-refractivity contribution in [3.05, 3.63) is 47.3 Å². The molecule has 4 heterocycles. The molecular weight excluding hydrogens is 450 g/mol. The summed E-state index contributed by atoms with van der Waals surface area (Å²) in [5, 5.41) is 11.8. The van der Waals surface area contributed by atoms with Crippen LogP contribution < -0.4 is 4.74 Å². The molecule has 1 aromatic rings. The van der Waals surface area contributed by atoms with Crippen LogP contribution in [0.1, 0.15) is 50.6 Å². The molecule has 1 atom stereocenters. The van der Waals surface area contributed by atoms with Gasteiger partial charge in [0.25, 0.3) is 0 Å². The van der Waals surface area contributed by atoms with Crippen molar-refractivity contribution in [1.82, 2.24) is 19.8 Å². The number of amidine groups is 1. The zero-order valence-electron chi connectivity index (χ0n) is 20.4. The largest absolute Gasteiger partial charge is 0.481 e. The highest BCUT2D eigenvalue weighted by molar-refractivity contribution is 6.00. The van der Waals surface area contributed by atoms with Gasteiger partial charge in [-0.2, -0.15) is 0 Å². The van der Waals surface area contributed by atoms with Gasteiger partial charge in [-0.25, -0.2) is 14.8 Å². The van der Waals surface area contributed by atoms with Crippen molar-refractivity contribution >= 4 is 17.8 Å². The normalized spacial score (nSPS) is 18.5. The average molecular weight is 484 g/mol. The number of hydrogen-bond donors (Lipinski definition) is 1. The van der Waals surface area contributed by atoms with Gasteiger partial charge in [-0.3, -0.25) is 15.0 Å². The maximum absolute atomic E-state index is 13.3. The summed E-state index contributed by atoms with van der Waals surface area (Å²) < 4.78 is 10.3. The van der Waals surface area contributed by atoms with Gasteiger partial charge in [-0.1, -0.05) is 12.1 Å². The highest BCUT2D eigenvalue weighted by Crippen LogP contribution is 2.30. The van der Waals surface area contributed by atoms with Crippen molar-refractivity contribution in [3.8, 4) is 5.88 Å². The first-order chi connectivity index (χ1) is 17.0. The first-order valence-corrected chi connectivity index (χ1v) is 12.2. The van der Waals surface area contributed by atoms with Gasteiger partial charge in [0, 0.05) is 44.1 Å². The Kier molecular flexibility index (Phi) is 8.02. The van der Waals surface area contributed by atoms with Crippen molar-refractivity contribution < 1.29 is 24.3 Å². The van der Waals surface area contributed by atoms with Gasteiger partial charge >= 0.3 is 12.0 Å². The number of carbonyl (C=O) groups excluding carboxylic acids is 2. The fourth-order valence-corrected chi connectivity index (χ4v) is 4.67. The second-order valence-electron chi connectivity index (χ2n) is 8.70. The van der Waals surface area contributed by atoms with E-state index in [0.29, 0.717) is 44.2 Å². The van der Waals surface area contributed by atoms with Crippen molar-refractivity contribution in [2.24, 2.45) is 4.99 Å². The number of aliphatic imine (C=N–C) groups is 1. The predicted octanol–water partition coefficient (Wildman–Crippen LogP) is 3.31. The number of urea groups is 1. The van der Waals surface area contributed by atoms with Crippen LogP contribution in [0.3, 0.4) is 0 Å². The van der Waals surface area contributed by atoms with E-state index in [9.17, 15) is 14.8 Å². The highest BCUT2D eigenvalue weighted by Gasteiger charge is 2.36. The molecule has 0 aliphatic carbocycles. The number of allylic oxidation sites excluding steroid dienone is 3. The molecule has 3 aliphatic heterocycles. The number of esters is 1. The van der Waals surface area contributed by atoms with E-state index in [-0.39, 0.29) is 25.0 Å². The van der Waals surface area contributed by atoms with Crippen LogP contribution in [0.2, 0.25) is 0 Å². The van der Waals surface area contributed by atoms with Gasteiger partial charge in [0.15, 0.2) is 5.84 Å². The molecule has 1 aromatic heterocycles. The van der Waals surface area contributed by atoms with E-state index in [1.165, 1.54) is 12.2 Å². The Morgan fingerprint density at radius 2 is 2.11 bits per heavy atom. The lowest BCUT2D eigenvalue weighted by Gasteiger charge is -2.29. The number of methoxy groups -OCH3 is 1. The Labute approximate surface area is 205 Å². The number of amides is 2.